The lowest BCUT2D eigenvalue weighted by atomic mass is 10.1. The van der Waals surface area contributed by atoms with E-state index in [0.29, 0.717) is 29.2 Å². The Balaban J connectivity index is 1.93. The van der Waals surface area contributed by atoms with E-state index in [1.165, 1.54) is 11.8 Å². The molecule has 1 amide bonds. The lowest BCUT2D eigenvalue weighted by Gasteiger charge is -2.28. The van der Waals surface area contributed by atoms with Gasteiger partial charge in [-0.1, -0.05) is 30.0 Å². The molecule has 0 radical (unpaired) electrons. The van der Waals surface area contributed by atoms with E-state index < -0.39 is 0 Å². The second-order valence-electron chi connectivity index (χ2n) is 5.33. The molecule has 0 unspecified atom stereocenters. The Hall–Kier alpha value is -2.18. The summed E-state index contributed by atoms with van der Waals surface area (Å²) in [6, 6.07) is 12.6. The summed E-state index contributed by atoms with van der Waals surface area (Å²) in [5.74, 6) is -0.130. The first kappa shape index (κ1) is 15.7. The van der Waals surface area contributed by atoms with Crippen molar-refractivity contribution in [3.8, 4) is 5.75 Å². The summed E-state index contributed by atoms with van der Waals surface area (Å²) in [6.45, 7) is 2.83. The zero-order valence-electron chi connectivity index (χ0n) is 12.7. The number of nitrogens with two attached hydrogens (primary N) is 1. The molecule has 0 aromatic heterocycles. The summed E-state index contributed by atoms with van der Waals surface area (Å²) < 4.78 is 0. The third kappa shape index (κ3) is 3.43. The number of nitrogens with zero attached hydrogens (tertiary/aromatic N) is 1. The largest absolute Gasteiger partial charge is 0.507 e. The Morgan fingerprint density at radius 2 is 1.78 bits per heavy atom. The average molecular weight is 329 g/mol. The van der Waals surface area contributed by atoms with Crippen molar-refractivity contribution in [1.82, 2.24) is 10.2 Å². The number of hydrogen-bond donors (Lipinski definition) is 3. The molecule has 1 saturated heterocycles. The fraction of sp³-hybridized carbons (Fsp3) is 0.235. The highest BCUT2D eigenvalue weighted by Gasteiger charge is 2.24. The third-order valence-electron chi connectivity index (χ3n) is 3.76. The molecule has 6 heteroatoms. The van der Waals surface area contributed by atoms with Crippen LogP contribution in [0.1, 0.15) is 10.4 Å². The van der Waals surface area contributed by atoms with Crippen LogP contribution in [0, 0.1) is 0 Å². The molecule has 4 N–H and O–H groups in total. The maximum absolute atomic E-state index is 12.8. The van der Waals surface area contributed by atoms with Crippen LogP contribution in [-0.2, 0) is 0 Å². The van der Waals surface area contributed by atoms with E-state index >= 15 is 0 Å². The molecule has 1 fully saturated rings. The smallest absolute Gasteiger partial charge is 0.258 e. The molecule has 23 heavy (non-hydrogen) atoms. The Morgan fingerprint density at radius 3 is 2.52 bits per heavy atom. The second-order valence-corrected chi connectivity index (χ2v) is 6.42. The highest BCUT2D eigenvalue weighted by molar-refractivity contribution is 7.99. The van der Waals surface area contributed by atoms with Crippen LogP contribution >= 0.6 is 11.8 Å². The van der Waals surface area contributed by atoms with Crippen molar-refractivity contribution in [2.45, 2.75) is 9.79 Å². The molecular weight excluding hydrogens is 310 g/mol. The van der Waals surface area contributed by atoms with Crippen LogP contribution in [0.2, 0.25) is 0 Å². The van der Waals surface area contributed by atoms with Crippen molar-refractivity contribution in [1.29, 1.82) is 0 Å². The SMILES string of the molecule is Nc1ccccc1Sc1cccc(O)c1C(=O)N1CCNCC1. The maximum Gasteiger partial charge on any atom is 0.258 e. The van der Waals surface area contributed by atoms with Gasteiger partial charge in [0.1, 0.15) is 5.75 Å². The number of amides is 1. The van der Waals surface area contributed by atoms with Crippen molar-refractivity contribution in [2.75, 3.05) is 31.9 Å². The fourth-order valence-electron chi connectivity index (χ4n) is 2.54. The Morgan fingerprint density at radius 1 is 1.09 bits per heavy atom. The van der Waals surface area contributed by atoms with Crippen LogP contribution < -0.4 is 11.1 Å². The number of nitrogen functional groups attached to an aromatic ring is 1. The summed E-state index contributed by atoms with van der Waals surface area (Å²) in [5.41, 5.74) is 6.99. The van der Waals surface area contributed by atoms with Gasteiger partial charge in [0.25, 0.3) is 5.91 Å². The number of benzene rings is 2. The molecule has 1 heterocycles. The van der Waals surface area contributed by atoms with E-state index in [2.05, 4.69) is 5.32 Å². The Labute approximate surface area is 139 Å². The van der Waals surface area contributed by atoms with Crippen LogP contribution in [0.3, 0.4) is 0 Å². The standard InChI is InChI=1S/C17H19N3O2S/c18-12-4-1-2-6-14(12)23-15-7-3-5-13(21)16(15)17(22)20-10-8-19-9-11-20/h1-7,19,21H,8-11,18H2. The van der Waals surface area contributed by atoms with Crippen LogP contribution in [0.15, 0.2) is 52.3 Å². The number of nitrogens with one attached hydrogen (secondary N) is 1. The molecule has 0 aliphatic carbocycles. The van der Waals surface area contributed by atoms with E-state index in [9.17, 15) is 9.90 Å². The molecule has 0 atom stereocenters. The molecule has 0 spiro atoms. The van der Waals surface area contributed by atoms with Crippen molar-refractivity contribution >= 4 is 23.4 Å². The van der Waals surface area contributed by atoms with Gasteiger partial charge in [-0.25, -0.2) is 0 Å². The van der Waals surface area contributed by atoms with Gasteiger partial charge in [-0.3, -0.25) is 4.79 Å². The summed E-state index contributed by atoms with van der Waals surface area (Å²) >= 11 is 1.40. The number of carbonyl (C=O) groups excluding carboxylic acids is 1. The molecule has 2 aromatic rings. The minimum Gasteiger partial charge on any atom is -0.507 e. The summed E-state index contributed by atoms with van der Waals surface area (Å²) in [5, 5.41) is 13.5. The molecule has 0 bridgehead atoms. The van der Waals surface area contributed by atoms with Gasteiger partial charge in [0.05, 0.1) is 5.56 Å². The van der Waals surface area contributed by atoms with Gasteiger partial charge in [0.15, 0.2) is 0 Å². The highest BCUT2D eigenvalue weighted by Crippen LogP contribution is 2.37. The summed E-state index contributed by atoms with van der Waals surface area (Å²) in [6.07, 6.45) is 0. The zero-order chi connectivity index (χ0) is 16.2. The normalized spacial score (nSPS) is 14.7. The average Bonchev–Trinajstić information content (AvgIpc) is 2.57. The first-order chi connectivity index (χ1) is 11.2. The number of rotatable bonds is 3. The van der Waals surface area contributed by atoms with Gasteiger partial charge in [-0.15, -0.1) is 0 Å². The molecule has 0 saturated carbocycles. The second kappa shape index (κ2) is 6.93. The number of carbonyl (C=O) groups is 1. The quantitative estimate of drug-likeness (QED) is 0.752. The third-order valence-corrected chi connectivity index (χ3v) is 4.91. The van der Waals surface area contributed by atoms with E-state index in [0.717, 1.165) is 18.0 Å². The van der Waals surface area contributed by atoms with Gasteiger partial charge in [-0.05, 0) is 24.3 Å². The van der Waals surface area contributed by atoms with Crippen LogP contribution in [0.25, 0.3) is 0 Å². The fourth-order valence-corrected chi connectivity index (χ4v) is 3.55. The molecule has 2 aromatic carbocycles. The van der Waals surface area contributed by atoms with E-state index in [1.807, 2.05) is 30.3 Å². The number of phenolic OH excluding ortho intramolecular Hbond substituents is 1. The molecule has 3 rings (SSSR count). The van der Waals surface area contributed by atoms with Gasteiger partial charge < -0.3 is 21.1 Å². The number of hydrogen-bond acceptors (Lipinski definition) is 5. The van der Waals surface area contributed by atoms with Crippen LogP contribution in [0.4, 0.5) is 5.69 Å². The van der Waals surface area contributed by atoms with E-state index in [4.69, 9.17) is 5.73 Å². The minimum atomic E-state index is -0.137. The predicted molar refractivity (Wildman–Crippen MR) is 91.9 cm³/mol. The monoisotopic (exact) mass is 329 g/mol. The predicted octanol–water partition coefficient (Wildman–Crippen LogP) is 2.17. The maximum atomic E-state index is 12.8. The van der Waals surface area contributed by atoms with Crippen molar-refractivity contribution in [3.05, 3.63) is 48.0 Å². The minimum absolute atomic E-state index is 0.00744. The van der Waals surface area contributed by atoms with Gasteiger partial charge in [0.2, 0.25) is 0 Å². The molecule has 5 nitrogen and oxygen atoms in total. The van der Waals surface area contributed by atoms with Crippen LogP contribution in [0.5, 0.6) is 5.75 Å². The van der Waals surface area contributed by atoms with E-state index in [1.54, 1.807) is 17.0 Å². The first-order valence-electron chi connectivity index (χ1n) is 7.51. The topological polar surface area (TPSA) is 78.6 Å². The van der Waals surface area contributed by atoms with Gasteiger partial charge >= 0.3 is 0 Å². The van der Waals surface area contributed by atoms with E-state index in [-0.39, 0.29) is 11.7 Å². The summed E-state index contributed by atoms with van der Waals surface area (Å²) in [7, 11) is 0. The van der Waals surface area contributed by atoms with Crippen molar-refractivity contribution < 1.29 is 9.90 Å². The molecule has 1 aliphatic heterocycles. The van der Waals surface area contributed by atoms with Crippen molar-refractivity contribution in [2.24, 2.45) is 0 Å². The number of anilines is 1. The van der Waals surface area contributed by atoms with Gasteiger partial charge in [-0.2, -0.15) is 0 Å². The number of para-hydroxylation sites is 1. The number of phenols is 1. The lowest BCUT2D eigenvalue weighted by molar-refractivity contribution is 0.0729. The molecule has 1 aliphatic rings. The Kier molecular flexibility index (Phi) is 4.73. The van der Waals surface area contributed by atoms with Gasteiger partial charge in [0, 0.05) is 41.7 Å². The zero-order valence-corrected chi connectivity index (χ0v) is 13.5. The first-order valence-corrected chi connectivity index (χ1v) is 8.33. The van der Waals surface area contributed by atoms with Crippen LogP contribution in [-0.4, -0.2) is 42.1 Å². The lowest BCUT2D eigenvalue weighted by Crippen LogP contribution is -2.46. The molecular formula is C17H19N3O2S. The number of piperazine rings is 1. The number of aromatic hydroxyl groups is 1. The molecule has 120 valence electrons. The summed E-state index contributed by atoms with van der Waals surface area (Å²) in [4.78, 5) is 16.2. The van der Waals surface area contributed by atoms with Crippen molar-refractivity contribution in [3.63, 3.8) is 0 Å². The highest BCUT2D eigenvalue weighted by atomic mass is 32.2. The Bertz CT molecular complexity index is 715.